The number of alkyl halides is 2. The maximum absolute atomic E-state index is 12.3. The molecule has 0 spiro atoms. The lowest BCUT2D eigenvalue weighted by atomic mass is 10.3. The minimum Gasteiger partial charge on any atom is -0.326 e. The number of rotatable bonds is 4. The van der Waals surface area contributed by atoms with Crippen LogP contribution < -0.4 is 5.32 Å². The van der Waals surface area contributed by atoms with Gasteiger partial charge in [0.05, 0.1) is 4.90 Å². The van der Waals surface area contributed by atoms with Crippen molar-refractivity contribution in [3.05, 3.63) is 24.3 Å². The molecule has 2 rings (SSSR count). The Hall–Kier alpha value is -1.50. The highest BCUT2D eigenvalue weighted by molar-refractivity contribution is 7.91. The van der Waals surface area contributed by atoms with Gasteiger partial charge in [-0.05, 0) is 37.1 Å². The number of amides is 1. The van der Waals surface area contributed by atoms with Crippen molar-refractivity contribution in [2.24, 2.45) is 5.92 Å². The first-order chi connectivity index (χ1) is 8.41. The molecular weight excluding hydrogens is 264 g/mol. The Morgan fingerprint density at radius 2 is 1.78 bits per heavy atom. The molecule has 0 bridgehead atoms. The first kappa shape index (κ1) is 12.9. The first-order valence-electron chi connectivity index (χ1n) is 5.34. The Morgan fingerprint density at radius 1 is 1.22 bits per heavy atom. The normalized spacial score (nSPS) is 15.7. The number of sulfone groups is 1. The molecule has 18 heavy (non-hydrogen) atoms. The molecule has 1 saturated carbocycles. The monoisotopic (exact) mass is 275 g/mol. The second kappa shape index (κ2) is 4.64. The zero-order valence-corrected chi connectivity index (χ0v) is 10.1. The first-order valence-corrected chi connectivity index (χ1v) is 6.89. The van der Waals surface area contributed by atoms with Gasteiger partial charge in [-0.15, -0.1) is 0 Å². The van der Waals surface area contributed by atoms with E-state index in [2.05, 4.69) is 5.32 Å². The highest BCUT2D eigenvalue weighted by Gasteiger charge is 2.30. The minimum atomic E-state index is -4.57. The summed E-state index contributed by atoms with van der Waals surface area (Å²) in [6.07, 6.45) is 1.70. The van der Waals surface area contributed by atoms with Crippen LogP contribution in [-0.2, 0) is 14.6 Å². The second-order valence-corrected chi connectivity index (χ2v) is 6.01. The fraction of sp³-hybridized carbons (Fsp3) is 0.364. The van der Waals surface area contributed by atoms with Crippen LogP contribution >= 0.6 is 0 Å². The van der Waals surface area contributed by atoms with E-state index >= 15 is 0 Å². The van der Waals surface area contributed by atoms with Crippen LogP contribution in [0.15, 0.2) is 29.2 Å². The summed E-state index contributed by atoms with van der Waals surface area (Å²) in [7, 11) is -4.57. The summed E-state index contributed by atoms with van der Waals surface area (Å²) in [5.41, 5.74) is 0.403. The second-order valence-electron chi connectivity index (χ2n) is 4.09. The van der Waals surface area contributed by atoms with E-state index in [0.717, 1.165) is 25.0 Å². The summed E-state index contributed by atoms with van der Waals surface area (Å²) >= 11 is 0. The van der Waals surface area contributed by atoms with E-state index in [1.807, 2.05) is 0 Å². The molecule has 1 aliphatic carbocycles. The largest absolute Gasteiger partial charge is 0.341 e. The molecule has 0 unspecified atom stereocenters. The summed E-state index contributed by atoms with van der Waals surface area (Å²) in [5, 5.41) is 2.59. The molecule has 0 heterocycles. The molecule has 0 atom stereocenters. The molecule has 1 N–H and O–H groups in total. The fourth-order valence-corrected chi connectivity index (χ4v) is 2.14. The Morgan fingerprint density at radius 3 is 2.22 bits per heavy atom. The van der Waals surface area contributed by atoms with E-state index < -0.39 is 20.5 Å². The van der Waals surface area contributed by atoms with Gasteiger partial charge in [0.25, 0.3) is 0 Å². The molecule has 1 aromatic carbocycles. The van der Waals surface area contributed by atoms with Crippen molar-refractivity contribution in [3.63, 3.8) is 0 Å². The SMILES string of the molecule is O=C(Nc1ccc(S(=O)(=O)C(F)F)cc1)C1CC1. The average molecular weight is 275 g/mol. The molecule has 1 fully saturated rings. The van der Waals surface area contributed by atoms with Gasteiger partial charge in [0.1, 0.15) is 0 Å². The quantitative estimate of drug-likeness (QED) is 0.914. The average Bonchev–Trinajstić information content (AvgIpc) is 3.13. The van der Waals surface area contributed by atoms with Crippen LogP contribution in [0.2, 0.25) is 0 Å². The van der Waals surface area contributed by atoms with Crippen molar-refractivity contribution in [1.82, 2.24) is 0 Å². The van der Waals surface area contributed by atoms with Gasteiger partial charge in [-0.3, -0.25) is 4.79 Å². The molecule has 0 aromatic heterocycles. The van der Waals surface area contributed by atoms with Gasteiger partial charge < -0.3 is 5.32 Å². The highest BCUT2D eigenvalue weighted by atomic mass is 32.2. The topological polar surface area (TPSA) is 63.2 Å². The molecule has 1 amide bonds. The zero-order valence-electron chi connectivity index (χ0n) is 9.27. The minimum absolute atomic E-state index is 0.0227. The predicted molar refractivity (Wildman–Crippen MR) is 61.0 cm³/mol. The Bertz CT molecular complexity index is 550. The van der Waals surface area contributed by atoms with Crippen LogP contribution in [0.4, 0.5) is 14.5 Å². The molecule has 0 saturated heterocycles. The standard InChI is InChI=1S/C11H11F2NO3S/c12-11(13)18(16,17)9-5-3-8(4-6-9)14-10(15)7-1-2-7/h3-7,11H,1-2H2,(H,14,15). The summed E-state index contributed by atoms with van der Waals surface area (Å²) in [5.74, 6) is -3.54. The van der Waals surface area contributed by atoms with E-state index in [9.17, 15) is 22.0 Å². The van der Waals surface area contributed by atoms with Gasteiger partial charge in [0.2, 0.25) is 15.7 Å². The molecule has 98 valence electrons. The third-order valence-corrected chi connectivity index (χ3v) is 4.03. The van der Waals surface area contributed by atoms with Crippen molar-refractivity contribution in [2.75, 3.05) is 5.32 Å². The van der Waals surface area contributed by atoms with Crippen LogP contribution in [0.25, 0.3) is 0 Å². The number of carbonyl (C=O) groups excluding carboxylic acids is 1. The lowest BCUT2D eigenvalue weighted by Crippen LogP contribution is -2.14. The number of hydrogen-bond donors (Lipinski definition) is 1. The summed E-state index contributed by atoms with van der Waals surface area (Å²) in [4.78, 5) is 11.0. The Labute approximate surface area is 103 Å². The fourth-order valence-electron chi connectivity index (χ4n) is 1.42. The number of nitrogens with one attached hydrogen (secondary N) is 1. The molecule has 0 aliphatic heterocycles. The number of benzene rings is 1. The van der Waals surface area contributed by atoms with E-state index in [4.69, 9.17) is 0 Å². The van der Waals surface area contributed by atoms with Crippen molar-refractivity contribution in [1.29, 1.82) is 0 Å². The zero-order chi connectivity index (χ0) is 13.3. The van der Waals surface area contributed by atoms with E-state index in [1.54, 1.807) is 0 Å². The lowest BCUT2D eigenvalue weighted by Gasteiger charge is -2.06. The number of hydrogen-bond acceptors (Lipinski definition) is 3. The molecule has 4 nitrogen and oxygen atoms in total. The smallest absolute Gasteiger partial charge is 0.326 e. The molecule has 7 heteroatoms. The number of anilines is 1. The van der Waals surface area contributed by atoms with E-state index in [1.165, 1.54) is 12.1 Å². The summed E-state index contributed by atoms with van der Waals surface area (Å²) < 4.78 is 46.8. The number of carbonyl (C=O) groups is 1. The van der Waals surface area contributed by atoms with Gasteiger partial charge in [0.15, 0.2) is 0 Å². The Balaban J connectivity index is 2.12. The van der Waals surface area contributed by atoms with Crippen molar-refractivity contribution < 1.29 is 22.0 Å². The summed E-state index contributed by atoms with van der Waals surface area (Å²) in [6.45, 7) is 0. The molecule has 1 aromatic rings. The predicted octanol–water partition coefficient (Wildman–Crippen LogP) is 2.03. The van der Waals surface area contributed by atoms with Crippen LogP contribution in [0.3, 0.4) is 0 Å². The summed E-state index contributed by atoms with van der Waals surface area (Å²) in [6, 6.07) is 4.72. The maximum atomic E-state index is 12.3. The maximum Gasteiger partial charge on any atom is 0.341 e. The lowest BCUT2D eigenvalue weighted by molar-refractivity contribution is -0.117. The number of halogens is 2. The third-order valence-electron chi connectivity index (χ3n) is 2.63. The van der Waals surface area contributed by atoms with Crippen LogP contribution in [0.5, 0.6) is 0 Å². The van der Waals surface area contributed by atoms with Crippen molar-refractivity contribution in [2.45, 2.75) is 23.5 Å². The molecular formula is C11H11F2NO3S. The van der Waals surface area contributed by atoms with Gasteiger partial charge in [-0.1, -0.05) is 0 Å². The Kier molecular flexibility index (Phi) is 3.34. The van der Waals surface area contributed by atoms with E-state index in [-0.39, 0.29) is 11.8 Å². The molecule has 1 aliphatic rings. The van der Waals surface area contributed by atoms with Gasteiger partial charge in [-0.2, -0.15) is 8.78 Å². The van der Waals surface area contributed by atoms with Crippen LogP contribution in [0, 0.1) is 5.92 Å². The molecule has 0 radical (unpaired) electrons. The highest BCUT2D eigenvalue weighted by Crippen LogP contribution is 2.30. The van der Waals surface area contributed by atoms with E-state index in [0.29, 0.717) is 5.69 Å². The van der Waals surface area contributed by atoms with Crippen LogP contribution in [0.1, 0.15) is 12.8 Å². The van der Waals surface area contributed by atoms with Gasteiger partial charge in [-0.25, -0.2) is 8.42 Å². The van der Waals surface area contributed by atoms with Crippen molar-refractivity contribution in [3.8, 4) is 0 Å². The third kappa shape index (κ3) is 2.66. The van der Waals surface area contributed by atoms with Crippen molar-refractivity contribution >= 4 is 21.4 Å². The van der Waals surface area contributed by atoms with Crippen LogP contribution in [-0.4, -0.2) is 20.1 Å². The van der Waals surface area contributed by atoms with Gasteiger partial charge >= 0.3 is 5.76 Å². The van der Waals surface area contributed by atoms with Gasteiger partial charge in [0, 0.05) is 11.6 Å².